The van der Waals surface area contributed by atoms with Gasteiger partial charge in [-0.15, -0.1) is 0 Å². The van der Waals surface area contributed by atoms with Crippen LogP contribution in [0.5, 0.6) is 0 Å². The van der Waals surface area contributed by atoms with Gasteiger partial charge in [-0.25, -0.2) is 0 Å². The van der Waals surface area contributed by atoms with Crippen molar-refractivity contribution in [1.29, 1.82) is 0 Å². The van der Waals surface area contributed by atoms with Crippen LogP contribution in [0.1, 0.15) is 49.9 Å². The summed E-state index contributed by atoms with van der Waals surface area (Å²) in [5, 5.41) is 9.71. The van der Waals surface area contributed by atoms with Crippen LogP contribution in [0.25, 0.3) is 0 Å². The Kier molecular flexibility index (Phi) is 8.58. The van der Waals surface area contributed by atoms with Crippen LogP contribution in [0, 0.1) is 0 Å². The van der Waals surface area contributed by atoms with Gasteiger partial charge in [-0.3, -0.25) is 14.7 Å². The second-order valence-corrected chi connectivity index (χ2v) is 7.69. The first kappa shape index (κ1) is 21.2. The van der Waals surface area contributed by atoms with Gasteiger partial charge in [-0.05, 0) is 58.3 Å². The Morgan fingerprint density at radius 3 is 2.37 bits per heavy atom. The molecule has 0 bridgehead atoms. The molecule has 27 heavy (non-hydrogen) atoms. The molecule has 0 atom stereocenters. The van der Waals surface area contributed by atoms with Crippen LogP contribution in [-0.4, -0.2) is 62.1 Å². The van der Waals surface area contributed by atoms with E-state index in [9.17, 15) is 4.79 Å². The normalized spacial score (nSPS) is 16.0. The lowest BCUT2D eigenvalue weighted by molar-refractivity contribution is 0.0953. The van der Waals surface area contributed by atoms with E-state index >= 15 is 0 Å². The Balaban J connectivity index is 1.63. The van der Waals surface area contributed by atoms with Gasteiger partial charge >= 0.3 is 0 Å². The van der Waals surface area contributed by atoms with Gasteiger partial charge in [-0.2, -0.15) is 0 Å². The summed E-state index contributed by atoms with van der Waals surface area (Å²) in [6.07, 6.45) is 4.79. The Morgan fingerprint density at radius 1 is 1.04 bits per heavy atom. The standard InChI is InChI=1S/C21H35N5O/c1-21(2,26-15-8-5-9-16-26)17-25-20(22-3)24-14-10-13-23-19(27)18-11-6-4-7-12-18/h4,6-7,11-12H,5,8-10,13-17H2,1-3H3,(H,23,27)(H2,22,24,25). The van der Waals surface area contributed by atoms with E-state index in [2.05, 4.69) is 39.7 Å². The minimum absolute atomic E-state index is 0.0265. The van der Waals surface area contributed by atoms with Gasteiger partial charge in [0.1, 0.15) is 0 Å². The maximum atomic E-state index is 12.0. The van der Waals surface area contributed by atoms with E-state index in [1.54, 1.807) is 7.05 Å². The summed E-state index contributed by atoms with van der Waals surface area (Å²) >= 11 is 0. The summed E-state index contributed by atoms with van der Waals surface area (Å²) in [6.45, 7) is 9.20. The lowest BCUT2D eigenvalue weighted by Crippen LogP contribution is -2.55. The Labute approximate surface area is 163 Å². The maximum Gasteiger partial charge on any atom is 0.251 e. The second-order valence-electron chi connectivity index (χ2n) is 7.69. The molecule has 1 heterocycles. The van der Waals surface area contributed by atoms with Gasteiger partial charge < -0.3 is 16.0 Å². The van der Waals surface area contributed by atoms with Gasteiger partial charge in [0, 0.05) is 37.8 Å². The van der Waals surface area contributed by atoms with Crippen molar-refractivity contribution in [3.8, 4) is 0 Å². The number of benzene rings is 1. The third kappa shape index (κ3) is 7.21. The lowest BCUT2D eigenvalue weighted by atomic mass is 9.98. The molecule has 0 saturated carbocycles. The average Bonchev–Trinajstić information content (AvgIpc) is 2.71. The molecule has 3 N–H and O–H groups in total. The summed E-state index contributed by atoms with van der Waals surface area (Å²) < 4.78 is 0. The molecule has 1 aromatic carbocycles. The number of hydrogen-bond donors (Lipinski definition) is 3. The largest absolute Gasteiger partial charge is 0.356 e. The van der Waals surface area contributed by atoms with Gasteiger partial charge in [0.15, 0.2) is 5.96 Å². The molecule has 1 amide bonds. The SMILES string of the molecule is CN=C(NCCCNC(=O)c1ccccc1)NCC(C)(C)N1CCCCC1. The fourth-order valence-corrected chi connectivity index (χ4v) is 3.32. The van der Waals surface area contributed by atoms with Crippen molar-refractivity contribution in [2.45, 2.75) is 45.1 Å². The molecule has 1 saturated heterocycles. The summed E-state index contributed by atoms with van der Waals surface area (Å²) in [4.78, 5) is 18.9. The predicted molar refractivity (Wildman–Crippen MR) is 112 cm³/mol. The molecule has 0 aliphatic carbocycles. The number of amides is 1. The summed E-state index contributed by atoms with van der Waals surface area (Å²) in [5.41, 5.74) is 0.810. The quantitative estimate of drug-likeness (QED) is 0.371. The fraction of sp³-hybridized carbons (Fsp3) is 0.619. The van der Waals surface area contributed by atoms with Crippen LogP contribution in [0.2, 0.25) is 0 Å². The van der Waals surface area contributed by atoms with Crippen molar-refractivity contribution < 1.29 is 4.79 Å². The van der Waals surface area contributed by atoms with Crippen molar-refractivity contribution in [3.05, 3.63) is 35.9 Å². The van der Waals surface area contributed by atoms with E-state index in [0.29, 0.717) is 12.1 Å². The monoisotopic (exact) mass is 373 g/mol. The number of aliphatic imine (C=N–C) groups is 1. The average molecular weight is 374 g/mol. The molecule has 0 unspecified atom stereocenters. The second kappa shape index (κ2) is 10.9. The van der Waals surface area contributed by atoms with Crippen molar-refractivity contribution >= 4 is 11.9 Å². The third-order valence-corrected chi connectivity index (χ3v) is 5.09. The van der Waals surface area contributed by atoms with E-state index in [0.717, 1.165) is 25.5 Å². The van der Waals surface area contributed by atoms with Crippen LogP contribution in [0.3, 0.4) is 0 Å². The molecule has 0 aromatic heterocycles. The number of likely N-dealkylation sites (tertiary alicyclic amines) is 1. The van der Waals surface area contributed by atoms with Gasteiger partial charge in [0.25, 0.3) is 5.91 Å². The molecule has 0 radical (unpaired) electrons. The molecule has 0 spiro atoms. The topological polar surface area (TPSA) is 68.8 Å². The van der Waals surface area contributed by atoms with Crippen molar-refractivity contribution in [3.63, 3.8) is 0 Å². The van der Waals surface area contributed by atoms with Crippen LogP contribution in [-0.2, 0) is 0 Å². The third-order valence-electron chi connectivity index (χ3n) is 5.09. The number of carbonyl (C=O) groups is 1. The van der Waals surface area contributed by atoms with E-state index in [4.69, 9.17) is 0 Å². The molecule has 6 heteroatoms. The van der Waals surface area contributed by atoms with Crippen LogP contribution in [0.4, 0.5) is 0 Å². The minimum atomic E-state index is -0.0265. The highest BCUT2D eigenvalue weighted by molar-refractivity contribution is 5.94. The Bertz CT molecular complexity index is 594. The highest BCUT2D eigenvalue weighted by atomic mass is 16.1. The van der Waals surface area contributed by atoms with Crippen LogP contribution < -0.4 is 16.0 Å². The van der Waals surface area contributed by atoms with Gasteiger partial charge in [0.2, 0.25) is 0 Å². The molecular formula is C21H35N5O. The highest BCUT2D eigenvalue weighted by Gasteiger charge is 2.27. The maximum absolute atomic E-state index is 12.0. The number of nitrogens with zero attached hydrogens (tertiary/aromatic N) is 2. The number of carbonyl (C=O) groups excluding carboxylic acids is 1. The Morgan fingerprint density at radius 2 is 1.70 bits per heavy atom. The first-order chi connectivity index (χ1) is 13.0. The summed E-state index contributed by atoms with van der Waals surface area (Å²) in [5.74, 6) is 0.788. The zero-order chi connectivity index (χ0) is 19.5. The summed E-state index contributed by atoms with van der Waals surface area (Å²) in [7, 11) is 1.79. The van der Waals surface area contributed by atoms with Crippen molar-refractivity contribution in [2.75, 3.05) is 39.8 Å². The lowest BCUT2D eigenvalue weighted by Gasteiger charge is -2.41. The Hall–Kier alpha value is -2.08. The van der Waals surface area contributed by atoms with Crippen molar-refractivity contribution in [2.24, 2.45) is 4.99 Å². The number of piperidine rings is 1. The minimum Gasteiger partial charge on any atom is -0.356 e. The molecule has 150 valence electrons. The molecule has 1 aromatic rings. The number of guanidine groups is 1. The van der Waals surface area contributed by atoms with E-state index in [1.807, 2.05) is 30.3 Å². The van der Waals surface area contributed by atoms with Crippen molar-refractivity contribution in [1.82, 2.24) is 20.9 Å². The van der Waals surface area contributed by atoms with Gasteiger partial charge in [0.05, 0.1) is 0 Å². The van der Waals surface area contributed by atoms with E-state index in [-0.39, 0.29) is 11.4 Å². The molecule has 1 aliphatic rings. The number of hydrogen-bond acceptors (Lipinski definition) is 3. The fourth-order valence-electron chi connectivity index (χ4n) is 3.32. The zero-order valence-electron chi connectivity index (χ0n) is 17.1. The molecule has 1 fully saturated rings. The molecule has 1 aliphatic heterocycles. The molecule has 2 rings (SSSR count). The van der Waals surface area contributed by atoms with Crippen LogP contribution >= 0.6 is 0 Å². The number of nitrogens with one attached hydrogen (secondary N) is 3. The highest BCUT2D eigenvalue weighted by Crippen LogP contribution is 2.19. The first-order valence-electron chi connectivity index (χ1n) is 10.1. The number of rotatable bonds is 8. The van der Waals surface area contributed by atoms with Gasteiger partial charge in [-0.1, -0.05) is 24.6 Å². The molecular weight excluding hydrogens is 338 g/mol. The predicted octanol–water partition coefficient (Wildman–Crippen LogP) is 2.24. The first-order valence-corrected chi connectivity index (χ1v) is 10.1. The van der Waals surface area contributed by atoms with E-state index < -0.39 is 0 Å². The smallest absolute Gasteiger partial charge is 0.251 e. The summed E-state index contributed by atoms with van der Waals surface area (Å²) in [6, 6.07) is 9.30. The van der Waals surface area contributed by atoms with E-state index in [1.165, 1.54) is 32.4 Å². The zero-order valence-corrected chi connectivity index (χ0v) is 17.1. The molecule has 6 nitrogen and oxygen atoms in total. The van der Waals surface area contributed by atoms with Crippen LogP contribution in [0.15, 0.2) is 35.3 Å².